The lowest BCUT2D eigenvalue weighted by Gasteiger charge is -2.19. The number of guanidine groups is 1. The van der Waals surface area contributed by atoms with Gasteiger partial charge in [0.1, 0.15) is 5.82 Å². The van der Waals surface area contributed by atoms with Crippen LogP contribution in [0.4, 0.5) is 23.1 Å². The molecular formula is C21H23N9O2S. The van der Waals surface area contributed by atoms with E-state index in [0.29, 0.717) is 17.5 Å². The zero-order valence-electron chi connectivity index (χ0n) is 18.3. The molecule has 0 amide bonds. The summed E-state index contributed by atoms with van der Waals surface area (Å²) >= 11 is 0. The van der Waals surface area contributed by atoms with Gasteiger partial charge in [-0.25, -0.2) is 4.98 Å². The molecule has 0 fully saturated rings. The van der Waals surface area contributed by atoms with E-state index in [-0.39, 0.29) is 4.90 Å². The van der Waals surface area contributed by atoms with E-state index >= 15 is 0 Å². The third kappa shape index (κ3) is 4.55. The second-order valence-corrected chi connectivity index (χ2v) is 8.95. The smallest absolute Gasteiger partial charge is 0.285 e. The minimum atomic E-state index is -3.95. The van der Waals surface area contributed by atoms with E-state index in [1.807, 2.05) is 48.8 Å². The van der Waals surface area contributed by atoms with Gasteiger partial charge < -0.3 is 21.7 Å². The summed E-state index contributed by atoms with van der Waals surface area (Å²) in [6.07, 6.45) is 1.64. The van der Waals surface area contributed by atoms with Gasteiger partial charge in [-0.15, -0.1) is 4.40 Å². The predicted molar refractivity (Wildman–Crippen MR) is 128 cm³/mol. The lowest BCUT2D eigenvalue weighted by Crippen LogP contribution is -2.24. The van der Waals surface area contributed by atoms with E-state index in [4.69, 9.17) is 11.5 Å². The monoisotopic (exact) mass is 465 g/mol. The van der Waals surface area contributed by atoms with Gasteiger partial charge in [-0.2, -0.15) is 18.5 Å². The van der Waals surface area contributed by atoms with E-state index in [9.17, 15) is 8.42 Å². The Hall–Kier alpha value is -4.19. The van der Waals surface area contributed by atoms with Crippen molar-refractivity contribution in [1.29, 1.82) is 0 Å². The fraction of sp³-hybridized carbons (Fsp3) is 0.143. The highest BCUT2D eigenvalue weighted by Gasteiger charge is 2.14. The van der Waals surface area contributed by atoms with Gasteiger partial charge in [0.2, 0.25) is 11.9 Å². The van der Waals surface area contributed by atoms with Gasteiger partial charge in [-0.05, 0) is 55.5 Å². The highest BCUT2D eigenvalue weighted by atomic mass is 32.2. The average molecular weight is 466 g/mol. The van der Waals surface area contributed by atoms with Crippen molar-refractivity contribution in [2.45, 2.75) is 11.8 Å². The fourth-order valence-corrected chi connectivity index (χ4v) is 4.15. The summed E-state index contributed by atoms with van der Waals surface area (Å²) in [5, 5.41) is 8.71. The van der Waals surface area contributed by atoms with Crippen molar-refractivity contribution in [2.75, 3.05) is 17.3 Å². The van der Waals surface area contributed by atoms with Crippen molar-refractivity contribution in [1.82, 2.24) is 19.7 Å². The molecule has 0 radical (unpaired) electrons. The van der Waals surface area contributed by atoms with Gasteiger partial charge in [0.25, 0.3) is 10.0 Å². The molecule has 170 valence electrons. The van der Waals surface area contributed by atoms with Gasteiger partial charge in [-0.3, -0.25) is 4.68 Å². The zero-order valence-corrected chi connectivity index (χ0v) is 19.1. The van der Waals surface area contributed by atoms with E-state index < -0.39 is 16.0 Å². The van der Waals surface area contributed by atoms with E-state index in [0.717, 1.165) is 22.3 Å². The first-order chi connectivity index (χ1) is 15.6. The van der Waals surface area contributed by atoms with Crippen molar-refractivity contribution in [3.05, 3.63) is 60.4 Å². The molecule has 0 aliphatic heterocycles. The van der Waals surface area contributed by atoms with Crippen LogP contribution in [0.5, 0.6) is 0 Å². The number of hydrogen-bond donors (Lipinski definition) is 3. The molecule has 0 spiro atoms. The molecule has 0 bridgehead atoms. The Morgan fingerprint density at radius 2 is 1.85 bits per heavy atom. The Bertz CT molecular complexity index is 1460. The summed E-state index contributed by atoms with van der Waals surface area (Å²) in [6.45, 7) is 2.03. The minimum absolute atomic E-state index is 0.0315. The molecule has 11 nitrogen and oxygen atoms in total. The molecule has 0 aliphatic carbocycles. The first-order valence-corrected chi connectivity index (χ1v) is 11.3. The summed E-state index contributed by atoms with van der Waals surface area (Å²) in [6, 6.07) is 13.8. The number of fused-ring (bicyclic) bond motifs is 1. The zero-order chi connectivity index (χ0) is 23.8. The van der Waals surface area contributed by atoms with Gasteiger partial charge in [0, 0.05) is 42.7 Å². The number of aryl methyl sites for hydroxylation is 2. The maximum Gasteiger partial charge on any atom is 0.285 e. The molecule has 0 unspecified atom stereocenters. The Morgan fingerprint density at radius 3 is 2.55 bits per heavy atom. The Balaban J connectivity index is 1.55. The molecule has 2 aromatic heterocycles. The average Bonchev–Trinajstić information content (AvgIpc) is 3.06. The van der Waals surface area contributed by atoms with Crippen LogP contribution < -0.4 is 21.7 Å². The molecule has 12 heteroatoms. The van der Waals surface area contributed by atoms with Crippen molar-refractivity contribution < 1.29 is 8.42 Å². The van der Waals surface area contributed by atoms with Crippen LogP contribution in [0.15, 0.2) is 64.0 Å². The van der Waals surface area contributed by atoms with Crippen LogP contribution in [0.3, 0.4) is 0 Å². The molecule has 33 heavy (non-hydrogen) atoms. The minimum Gasteiger partial charge on any atom is -0.369 e. The molecular weight excluding hydrogens is 442 g/mol. The van der Waals surface area contributed by atoms with Gasteiger partial charge in [0.15, 0.2) is 0 Å². The molecule has 0 saturated carbocycles. The second kappa shape index (κ2) is 8.39. The largest absolute Gasteiger partial charge is 0.369 e. The first kappa shape index (κ1) is 22.0. The number of nitrogens with two attached hydrogens (primary N) is 2. The van der Waals surface area contributed by atoms with Crippen molar-refractivity contribution in [3.8, 4) is 0 Å². The number of nitrogens with zero attached hydrogens (tertiary/aromatic N) is 6. The molecule has 0 saturated heterocycles. The van der Waals surface area contributed by atoms with Crippen LogP contribution in [-0.4, -0.2) is 41.2 Å². The number of anilines is 4. The predicted octanol–water partition coefficient (Wildman–Crippen LogP) is 2.15. The number of aromatic nitrogens is 4. The van der Waals surface area contributed by atoms with Crippen LogP contribution in [-0.2, 0) is 17.1 Å². The molecule has 2 aromatic carbocycles. The Labute approximate surface area is 190 Å². The molecule has 4 aromatic rings. The summed E-state index contributed by atoms with van der Waals surface area (Å²) < 4.78 is 29.3. The SMILES string of the molecule is Cc1c2ccc(N(C)c3ccnc(Nc4ccc(S(=O)(=O)N=C(N)N)cc4)n3)cc2nn1C. The number of sulfonamides is 1. The normalized spacial score (nSPS) is 11.4. The second-order valence-electron chi connectivity index (χ2n) is 7.35. The fourth-order valence-electron chi connectivity index (χ4n) is 3.29. The van der Waals surface area contributed by atoms with Gasteiger partial charge in [-0.1, -0.05) is 0 Å². The number of nitrogens with one attached hydrogen (secondary N) is 1. The topological polar surface area (TPSA) is 157 Å². The van der Waals surface area contributed by atoms with Gasteiger partial charge in [0.05, 0.1) is 10.4 Å². The standard InChI is InChI=1S/C21H23N9O2S/c1-13-17-9-6-15(12-18(17)27-30(13)3)29(2)19-10-11-24-21(26-19)25-14-4-7-16(8-5-14)33(31,32)28-20(22)23/h4-12H,1-3H3,(H4,22,23,28)(H,24,25,26). The van der Waals surface area contributed by atoms with Gasteiger partial charge >= 0.3 is 0 Å². The quantitative estimate of drug-likeness (QED) is 0.286. The molecule has 5 N–H and O–H groups in total. The summed E-state index contributed by atoms with van der Waals surface area (Å²) in [5.41, 5.74) is 13.9. The number of hydrogen-bond acceptors (Lipinski definition) is 7. The summed E-state index contributed by atoms with van der Waals surface area (Å²) in [5.74, 6) is 0.504. The van der Waals surface area contributed by atoms with E-state index in [1.165, 1.54) is 12.1 Å². The summed E-state index contributed by atoms with van der Waals surface area (Å²) in [4.78, 5) is 10.7. The van der Waals surface area contributed by atoms with E-state index in [2.05, 4.69) is 24.8 Å². The maximum atomic E-state index is 12.1. The van der Waals surface area contributed by atoms with Crippen molar-refractivity contribution in [2.24, 2.45) is 22.9 Å². The van der Waals surface area contributed by atoms with Crippen LogP contribution in [0.25, 0.3) is 10.9 Å². The van der Waals surface area contributed by atoms with Crippen LogP contribution in [0.2, 0.25) is 0 Å². The highest BCUT2D eigenvalue weighted by molar-refractivity contribution is 7.90. The third-order valence-electron chi connectivity index (χ3n) is 5.12. The molecule has 0 atom stereocenters. The lowest BCUT2D eigenvalue weighted by atomic mass is 10.2. The number of rotatable bonds is 6. The first-order valence-electron chi connectivity index (χ1n) is 9.87. The molecule has 0 aliphatic rings. The maximum absolute atomic E-state index is 12.1. The van der Waals surface area contributed by atoms with E-state index in [1.54, 1.807) is 24.4 Å². The number of benzene rings is 2. The molecule has 2 heterocycles. The molecule has 4 rings (SSSR count). The third-order valence-corrected chi connectivity index (χ3v) is 6.44. The van der Waals surface area contributed by atoms with Crippen LogP contribution in [0.1, 0.15) is 5.69 Å². The van der Waals surface area contributed by atoms with Crippen molar-refractivity contribution >= 4 is 50.0 Å². The Morgan fingerprint density at radius 1 is 1.12 bits per heavy atom. The van der Waals surface area contributed by atoms with Crippen LogP contribution >= 0.6 is 0 Å². The lowest BCUT2D eigenvalue weighted by molar-refractivity contribution is 0.598. The summed E-state index contributed by atoms with van der Waals surface area (Å²) in [7, 11) is -0.119. The highest BCUT2D eigenvalue weighted by Crippen LogP contribution is 2.27. The van der Waals surface area contributed by atoms with Crippen molar-refractivity contribution in [3.63, 3.8) is 0 Å². The Kier molecular flexibility index (Phi) is 5.60. The van der Waals surface area contributed by atoms with Crippen LogP contribution in [0, 0.1) is 6.92 Å².